The Morgan fingerprint density at radius 1 is 1.39 bits per heavy atom. The fraction of sp³-hybridized carbons (Fsp3) is 0.545. The number of aliphatic carboxylic acids is 1. The van der Waals surface area contributed by atoms with Crippen LogP contribution >= 0.6 is 11.3 Å². The smallest absolute Gasteiger partial charge is 0.339 e. The van der Waals surface area contributed by atoms with Gasteiger partial charge in [-0.2, -0.15) is 16.4 Å². The molecule has 2 heterocycles. The molecule has 0 radical (unpaired) electrons. The summed E-state index contributed by atoms with van der Waals surface area (Å²) < 4.78 is 7.67. The first kappa shape index (κ1) is 20.8. The zero-order chi connectivity index (χ0) is 20.7. The average molecular weight is 403 g/mol. The quantitative estimate of drug-likeness (QED) is 0.698. The Hall–Kier alpha value is -1.92. The molecule has 3 rings (SSSR count). The number of carboxylic acids is 1. The van der Waals surface area contributed by atoms with Crippen molar-refractivity contribution < 1.29 is 14.6 Å². The van der Waals surface area contributed by atoms with Crippen LogP contribution in [-0.2, 0) is 16.6 Å². The minimum atomic E-state index is -1.07. The first-order chi connectivity index (χ1) is 13.0. The number of aryl methyl sites for hydroxylation is 1. The van der Waals surface area contributed by atoms with Crippen LogP contribution in [0, 0.1) is 5.41 Å². The van der Waals surface area contributed by atoms with Gasteiger partial charge < -0.3 is 9.84 Å². The Kier molecular flexibility index (Phi) is 5.56. The monoisotopic (exact) mass is 402 g/mol. The van der Waals surface area contributed by atoms with Crippen LogP contribution in [0.5, 0.6) is 0 Å². The van der Waals surface area contributed by atoms with E-state index in [1.54, 1.807) is 16.0 Å². The fourth-order valence-electron chi connectivity index (χ4n) is 3.64. The van der Waals surface area contributed by atoms with Gasteiger partial charge >= 0.3 is 5.97 Å². The Bertz CT molecular complexity index is 886. The van der Waals surface area contributed by atoms with E-state index in [9.17, 15) is 9.90 Å². The summed E-state index contributed by atoms with van der Waals surface area (Å²) in [5.41, 5.74) is 4.26. The summed E-state index contributed by atoms with van der Waals surface area (Å²) in [5.74, 6) is -0.993. The van der Waals surface area contributed by atoms with Gasteiger partial charge in [-0.15, -0.1) is 0 Å². The molecule has 1 unspecified atom stereocenters. The van der Waals surface area contributed by atoms with Gasteiger partial charge in [-0.05, 0) is 62.5 Å². The number of aromatic nitrogens is 2. The summed E-state index contributed by atoms with van der Waals surface area (Å²) in [5, 5.41) is 18.8. The molecule has 0 spiro atoms. The normalized spacial score (nSPS) is 18.0. The van der Waals surface area contributed by atoms with Crippen molar-refractivity contribution in [2.24, 2.45) is 12.5 Å². The van der Waals surface area contributed by atoms with E-state index in [0.29, 0.717) is 5.69 Å². The largest absolute Gasteiger partial charge is 0.479 e. The highest BCUT2D eigenvalue weighted by Crippen LogP contribution is 2.44. The summed E-state index contributed by atoms with van der Waals surface area (Å²) in [6, 6.07) is 2.04. The summed E-state index contributed by atoms with van der Waals surface area (Å²) in [4.78, 5) is 12.2. The zero-order valence-corrected chi connectivity index (χ0v) is 18.4. The molecule has 2 aromatic heterocycles. The molecule has 0 saturated carbocycles. The Morgan fingerprint density at radius 2 is 2.11 bits per heavy atom. The van der Waals surface area contributed by atoms with E-state index >= 15 is 0 Å². The van der Waals surface area contributed by atoms with E-state index in [-0.39, 0.29) is 5.41 Å². The molecule has 1 aliphatic carbocycles. The highest BCUT2D eigenvalue weighted by atomic mass is 32.1. The van der Waals surface area contributed by atoms with Crippen LogP contribution < -0.4 is 0 Å². The van der Waals surface area contributed by atoms with Gasteiger partial charge in [0.05, 0.1) is 11.3 Å². The van der Waals surface area contributed by atoms with Gasteiger partial charge in [-0.1, -0.05) is 19.9 Å². The van der Waals surface area contributed by atoms with E-state index in [0.717, 1.165) is 36.1 Å². The molecular weight excluding hydrogens is 372 g/mol. The molecule has 0 aromatic carbocycles. The lowest BCUT2D eigenvalue weighted by Gasteiger charge is -2.30. The van der Waals surface area contributed by atoms with Crippen LogP contribution in [-0.4, -0.2) is 26.5 Å². The van der Waals surface area contributed by atoms with Gasteiger partial charge in [0.15, 0.2) is 6.10 Å². The van der Waals surface area contributed by atoms with Crippen molar-refractivity contribution in [3.05, 3.63) is 34.2 Å². The van der Waals surface area contributed by atoms with Gasteiger partial charge in [-0.3, -0.25) is 4.68 Å². The molecule has 152 valence electrons. The molecule has 0 bridgehead atoms. The highest BCUT2D eigenvalue weighted by Gasteiger charge is 2.35. The van der Waals surface area contributed by atoms with Gasteiger partial charge in [0.25, 0.3) is 0 Å². The third-order valence-electron chi connectivity index (χ3n) is 5.12. The molecule has 0 fully saturated rings. The number of ether oxygens (including phenoxy) is 1. The number of thiophene rings is 1. The maximum absolute atomic E-state index is 12.2. The minimum Gasteiger partial charge on any atom is -0.479 e. The predicted octanol–water partition coefficient (Wildman–Crippen LogP) is 5.68. The Morgan fingerprint density at radius 3 is 2.61 bits per heavy atom. The first-order valence-electron chi connectivity index (χ1n) is 9.68. The summed E-state index contributed by atoms with van der Waals surface area (Å²) in [6.07, 6.45) is 4.13. The van der Waals surface area contributed by atoms with Gasteiger partial charge in [0, 0.05) is 23.6 Å². The number of hydrogen-bond acceptors (Lipinski definition) is 4. The van der Waals surface area contributed by atoms with Crippen LogP contribution in [0.15, 0.2) is 22.9 Å². The molecule has 5 nitrogen and oxygen atoms in total. The SMILES string of the molecule is Cn1nc(-c2ccsc2)c(C2=CCC(C)(C)CC2)c1C(OC(C)(C)C)C(=O)O. The molecule has 28 heavy (non-hydrogen) atoms. The number of hydrogen-bond donors (Lipinski definition) is 1. The number of rotatable bonds is 5. The van der Waals surface area contributed by atoms with E-state index in [1.165, 1.54) is 5.57 Å². The third kappa shape index (κ3) is 4.39. The van der Waals surface area contributed by atoms with E-state index in [4.69, 9.17) is 9.84 Å². The van der Waals surface area contributed by atoms with Crippen LogP contribution in [0.4, 0.5) is 0 Å². The molecule has 0 amide bonds. The van der Waals surface area contributed by atoms with Crippen LogP contribution in [0.25, 0.3) is 16.8 Å². The second kappa shape index (κ2) is 7.48. The lowest BCUT2D eigenvalue weighted by molar-refractivity contribution is -0.161. The van der Waals surface area contributed by atoms with Crippen molar-refractivity contribution in [3.63, 3.8) is 0 Å². The second-order valence-corrected chi connectivity index (χ2v) is 10.1. The minimum absolute atomic E-state index is 0.266. The molecular formula is C22H30N2O3S. The number of carbonyl (C=O) groups is 1. The first-order valence-corrected chi connectivity index (χ1v) is 10.6. The van der Waals surface area contributed by atoms with Crippen LogP contribution in [0.1, 0.15) is 71.2 Å². The second-order valence-electron chi connectivity index (χ2n) is 9.29. The Labute approximate surface area is 171 Å². The maximum atomic E-state index is 12.2. The van der Waals surface area contributed by atoms with Gasteiger partial charge in [0.1, 0.15) is 5.69 Å². The van der Waals surface area contributed by atoms with Crippen molar-refractivity contribution in [2.75, 3.05) is 0 Å². The van der Waals surface area contributed by atoms with E-state index in [1.807, 2.05) is 39.3 Å². The van der Waals surface area contributed by atoms with E-state index < -0.39 is 17.7 Å². The fourth-order valence-corrected chi connectivity index (χ4v) is 4.28. The standard InChI is InChI=1S/C22H30N2O3S/c1-21(2,3)27-19(20(25)26)18-16(14-7-10-22(4,5)11-8-14)17(23-24(18)6)15-9-12-28-13-15/h7,9,12-13,19H,8,10-11H2,1-6H3,(H,25,26). The molecule has 2 aromatic rings. The lowest BCUT2D eigenvalue weighted by atomic mass is 9.76. The lowest BCUT2D eigenvalue weighted by Crippen LogP contribution is -2.29. The molecule has 0 aliphatic heterocycles. The summed E-state index contributed by atoms with van der Waals surface area (Å²) in [6.45, 7) is 10.2. The molecule has 1 atom stereocenters. The van der Waals surface area contributed by atoms with E-state index in [2.05, 4.69) is 25.3 Å². The topological polar surface area (TPSA) is 64.4 Å². The number of allylic oxidation sites excluding steroid dienone is 2. The molecule has 0 saturated heterocycles. The van der Waals surface area contributed by atoms with Crippen molar-refractivity contribution in [2.45, 2.75) is 65.6 Å². The molecule has 1 aliphatic rings. The van der Waals surface area contributed by atoms with Crippen molar-refractivity contribution >= 4 is 22.9 Å². The maximum Gasteiger partial charge on any atom is 0.339 e. The van der Waals surface area contributed by atoms with Gasteiger partial charge in [0.2, 0.25) is 0 Å². The number of nitrogens with zero attached hydrogens (tertiary/aromatic N) is 2. The molecule has 6 heteroatoms. The summed E-state index contributed by atoms with van der Waals surface area (Å²) >= 11 is 1.61. The van der Waals surface area contributed by atoms with Crippen molar-refractivity contribution in [3.8, 4) is 11.3 Å². The summed E-state index contributed by atoms with van der Waals surface area (Å²) in [7, 11) is 1.81. The van der Waals surface area contributed by atoms with Crippen molar-refractivity contribution in [1.29, 1.82) is 0 Å². The van der Waals surface area contributed by atoms with Crippen molar-refractivity contribution in [1.82, 2.24) is 9.78 Å². The highest BCUT2D eigenvalue weighted by molar-refractivity contribution is 7.08. The Balaban J connectivity index is 2.19. The molecule has 1 N–H and O–H groups in total. The zero-order valence-electron chi connectivity index (χ0n) is 17.6. The van der Waals surface area contributed by atoms with Crippen LogP contribution in [0.2, 0.25) is 0 Å². The number of carboxylic acid groups (broad SMARTS) is 1. The van der Waals surface area contributed by atoms with Crippen LogP contribution in [0.3, 0.4) is 0 Å². The van der Waals surface area contributed by atoms with Gasteiger partial charge in [-0.25, -0.2) is 4.79 Å². The average Bonchev–Trinajstić information content (AvgIpc) is 3.19. The predicted molar refractivity (Wildman–Crippen MR) is 113 cm³/mol. The third-order valence-corrected chi connectivity index (χ3v) is 5.81.